The Kier molecular flexibility index (Phi) is 11.0. The number of ether oxygens (including phenoxy) is 1. The Morgan fingerprint density at radius 2 is 1.80 bits per heavy atom. The summed E-state index contributed by atoms with van der Waals surface area (Å²) in [6.07, 6.45) is 1.19. The van der Waals surface area contributed by atoms with Crippen LogP contribution < -0.4 is 16.4 Å². The zero-order valence-electron chi connectivity index (χ0n) is 27.3. The van der Waals surface area contributed by atoms with Crippen LogP contribution in [0.5, 0.6) is 0 Å². The molecule has 0 spiro atoms. The number of nitrogens with zero attached hydrogens (tertiary/aromatic N) is 1. The van der Waals surface area contributed by atoms with E-state index >= 15 is 4.39 Å². The van der Waals surface area contributed by atoms with Gasteiger partial charge in [-0.1, -0.05) is 36.8 Å². The first-order valence-electron chi connectivity index (χ1n) is 16.1. The predicted molar refractivity (Wildman–Crippen MR) is 180 cm³/mol. The fourth-order valence-corrected chi connectivity index (χ4v) is 7.15. The third-order valence-corrected chi connectivity index (χ3v) is 9.96. The molecule has 3 aromatic rings. The first-order chi connectivity index (χ1) is 23.7. The molecule has 1 aliphatic carbocycles. The van der Waals surface area contributed by atoms with E-state index in [0.29, 0.717) is 35.3 Å². The number of nitrogens with two attached hydrogens (primary N) is 1. The van der Waals surface area contributed by atoms with Crippen LogP contribution in [0.15, 0.2) is 53.9 Å². The molecule has 1 aliphatic heterocycles. The lowest BCUT2D eigenvalue weighted by molar-refractivity contribution is -0.138. The number of nitrogen functional groups attached to an aromatic ring is 1. The zero-order valence-corrected chi connectivity index (χ0v) is 28.1. The van der Waals surface area contributed by atoms with E-state index in [-0.39, 0.29) is 47.5 Å². The molecule has 0 radical (unpaired) electrons. The van der Waals surface area contributed by atoms with Crippen LogP contribution in [-0.2, 0) is 25.0 Å². The Morgan fingerprint density at radius 1 is 1.06 bits per heavy atom. The molecule has 1 unspecified atom stereocenters. The van der Waals surface area contributed by atoms with Gasteiger partial charge in [-0.3, -0.25) is 24.6 Å². The summed E-state index contributed by atoms with van der Waals surface area (Å²) in [7, 11) is 0. The summed E-state index contributed by atoms with van der Waals surface area (Å²) in [6.45, 7) is 0.392. The Bertz CT molecular complexity index is 1800. The fourth-order valence-electron chi connectivity index (χ4n) is 6.23. The fraction of sp³-hybridized carbons (Fsp3) is 0.400. The second-order valence-corrected chi connectivity index (χ2v) is 13.5. The van der Waals surface area contributed by atoms with Gasteiger partial charge >= 0.3 is 5.97 Å². The number of unbranched alkanes of at least 4 members (excludes halogenated alkanes) is 2. The number of nitrogens with one attached hydrogen (secondary N) is 3. The van der Waals surface area contributed by atoms with Crippen molar-refractivity contribution >= 4 is 40.9 Å². The lowest BCUT2D eigenvalue weighted by atomic mass is 10.0. The number of hydrogen-bond acceptors (Lipinski definition) is 7. The van der Waals surface area contributed by atoms with Gasteiger partial charge < -0.3 is 31.1 Å². The Labute approximate surface area is 290 Å². The minimum Gasteiger partial charge on any atom is -0.481 e. The molecule has 266 valence electrons. The number of alkyl halides is 3. The molecule has 3 atom stereocenters. The van der Waals surface area contributed by atoms with Crippen LogP contribution in [-0.4, -0.2) is 77.5 Å². The number of amides is 3. The zero-order chi connectivity index (χ0) is 36.2. The summed E-state index contributed by atoms with van der Waals surface area (Å²) in [5.74, 6) is -6.32. The lowest BCUT2D eigenvalue weighted by Gasteiger charge is -2.25. The number of carboxylic acids is 1. The minimum absolute atomic E-state index is 0.0216. The summed E-state index contributed by atoms with van der Waals surface area (Å²) >= 11 is 1.28. The average molecular weight is 714 g/mol. The van der Waals surface area contributed by atoms with Crippen LogP contribution in [0.25, 0.3) is 11.1 Å². The first kappa shape index (κ1) is 36.5. The van der Waals surface area contributed by atoms with Gasteiger partial charge in [-0.25, -0.2) is 4.39 Å². The molecule has 2 aliphatic rings. The molecule has 0 bridgehead atoms. The van der Waals surface area contributed by atoms with Crippen molar-refractivity contribution < 1.29 is 42.2 Å². The number of fused-ring (bicyclic) bond motifs is 3. The van der Waals surface area contributed by atoms with Crippen molar-refractivity contribution in [2.75, 3.05) is 26.3 Å². The topological polar surface area (TPSA) is 175 Å². The summed E-state index contributed by atoms with van der Waals surface area (Å²) in [4.78, 5) is 52.6. The number of carbonyl (C=O) groups is 4. The number of rotatable bonds is 15. The largest absolute Gasteiger partial charge is 0.481 e. The number of carbonyl (C=O) groups excluding carboxylic acids is 3. The second-order valence-electron chi connectivity index (χ2n) is 12.6. The van der Waals surface area contributed by atoms with E-state index in [4.69, 9.17) is 21.0 Å². The van der Waals surface area contributed by atoms with Crippen molar-refractivity contribution in [3.05, 3.63) is 81.0 Å². The highest BCUT2D eigenvalue weighted by Gasteiger charge is 2.50. The number of aliphatic carboxylic acids is 1. The molecule has 5 rings (SSSR count). The molecule has 15 heteroatoms. The van der Waals surface area contributed by atoms with E-state index < -0.39 is 67.1 Å². The van der Waals surface area contributed by atoms with Gasteiger partial charge in [0.25, 0.3) is 11.8 Å². The summed E-state index contributed by atoms with van der Waals surface area (Å²) in [6, 6.07) is 9.67. The van der Waals surface area contributed by atoms with Crippen molar-refractivity contribution in [1.82, 2.24) is 15.5 Å². The van der Waals surface area contributed by atoms with Gasteiger partial charge in [0, 0.05) is 52.0 Å². The molecular weight excluding hydrogens is 675 g/mol. The molecule has 2 aromatic carbocycles. The van der Waals surface area contributed by atoms with Gasteiger partial charge in [0.1, 0.15) is 11.9 Å². The molecular formula is C35H38F3N5O6S. The number of amidine groups is 1. The van der Waals surface area contributed by atoms with Crippen molar-refractivity contribution in [2.45, 2.75) is 62.7 Å². The number of benzene rings is 2. The van der Waals surface area contributed by atoms with Gasteiger partial charge in [0.05, 0.1) is 25.7 Å². The van der Waals surface area contributed by atoms with Crippen LogP contribution in [0.4, 0.5) is 13.2 Å². The van der Waals surface area contributed by atoms with Gasteiger partial charge in [-0.2, -0.15) is 8.78 Å². The van der Waals surface area contributed by atoms with Crippen molar-refractivity contribution in [1.29, 1.82) is 5.41 Å². The molecule has 1 saturated heterocycles. The maximum atomic E-state index is 16.2. The molecule has 2 heterocycles. The molecule has 11 nitrogen and oxygen atoms in total. The van der Waals surface area contributed by atoms with E-state index in [1.165, 1.54) is 41.7 Å². The number of hydrogen-bond donors (Lipinski definition) is 5. The Balaban J connectivity index is 1.25. The second kappa shape index (κ2) is 15.0. The highest BCUT2D eigenvalue weighted by atomic mass is 32.1. The quantitative estimate of drug-likeness (QED) is 0.0860. The SMILES string of the molecule is CC(NC(=O)[C@@H]1C[C@](F)(COCCCCCC(=O)O)CN1C(=O)CNC(=O)c1ccc2c(c1)-c1ccccc1C2(F)F)c1cc(C(=N)N)cs1. The first-order valence-corrected chi connectivity index (χ1v) is 17.0. The monoisotopic (exact) mass is 713 g/mol. The smallest absolute Gasteiger partial charge is 0.303 e. The average Bonchev–Trinajstić information content (AvgIpc) is 3.77. The van der Waals surface area contributed by atoms with Crippen LogP contribution >= 0.6 is 11.3 Å². The van der Waals surface area contributed by atoms with Gasteiger partial charge in [0.15, 0.2) is 5.67 Å². The number of likely N-dealkylation sites (tertiary alicyclic amines) is 1. The van der Waals surface area contributed by atoms with Crippen LogP contribution in [0.3, 0.4) is 0 Å². The van der Waals surface area contributed by atoms with Crippen molar-refractivity contribution in [2.24, 2.45) is 5.73 Å². The van der Waals surface area contributed by atoms with Gasteiger partial charge in [-0.15, -0.1) is 11.3 Å². The Morgan fingerprint density at radius 3 is 2.52 bits per heavy atom. The van der Waals surface area contributed by atoms with Gasteiger partial charge in [0.2, 0.25) is 11.8 Å². The molecule has 0 saturated carbocycles. The predicted octanol–water partition coefficient (Wildman–Crippen LogP) is 4.73. The highest BCUT2D eigenvalue weighted by Crippen LogP contribution is 2.51. The molecule has 1 fully saturated rings. The molecule has 3 amide bonds. The summed E-state index contributed by atoms with van der Waals surface area (Å²) < 4.78 is 51.7. The maximum absolute atomic E-state index is 16.2. The van der Waals surface area contributed by atoms with E-state index in [0.717, 1.165) is 4.90 Å². The molecule has 50 heavy (non-hydrogen) atoms. The highest BCUT2D eigenvalue weighted by molar-refractivity contribution is 7.10. The van der Waals surface area contributed by atoms with Crippen LogP contribution in [0.2, 0.25) is 0 Å². The normalized spacial score (nSPS) is 19.4. The van der Waals surface area contributed by atoms with Crippen molar-refractivity contribution in [3.63, 3.8) is 0 Å². The maximum Gasteiger partial charge on any atom is 0.303 e. The number of thiophene rings is 1. The van der Waals surface area contributed by atoms with E-state index in [9.17, 15) is 28.0 Å². The van der Waals surface area contributed by atoms with Gasteiger partial charge in [-0.05, 0) is 49.1 Å². The van der Waals surface area contributed by atoms with Crippen LogP contribution in [0, 0.1) is 5.41 Å². The minimum atomic E-state index is -3.22. The molecule has 1 aromatic heterocycles. The standard InChI is InChI=1S/C35H38F3N5O6S/c1-20(28-14-22(17-50-28)31(39)40)42-33(48)27-15-34(36,19-49-12-6-2-3-9-30(45)46)18-43(27)29(44)16-41-32(47)21-10-11-26-24(13-21)23-7-4-5-8-25(23)35(26,37)38/h4-5,7-8,10-11,13-14,17,20,27H,2-3,6,9,12,15-16,18-19H2,1H3,(H3,39,40)(H,41,47)(H,42,48)(H,45,46)/t20?,27-,34+/m0/s1. The number of halogens is 3. The van der Waals surface area contributed by atoms with Crippen molar-refractivity contribution in [3.8, 4) is 11.1 Å². The van der Waals surface area contributed by atoms with E-state index in [2.05, 4.69) is 10.6 Å². The summed E-state index contributed by atoms with van der Waals surface area (Å²) in [5, 5.41) is 23.4. The third-order valence-electron chi connectivity index (χ3n) is 8.84. The van der Waals surface area contributed by atoms with E-state index in [1.807, 2.05) is 0 Å². The van der Waals surface area contributed by atoms with E-state index in [1.54, 1.807) is 30.5 Å². The lowest BCUT2D eigenvalue weighted by Crippen LogP contribution is -2.49. The third kappa shape index (κ3) is 7.99. The molecule has 6 N–H and O–H groups in total. The Hall–Kier alpha value is -4.76. The summed E-state index contributed by atoms with van der Waals surface area (Å²) in [5.41, 5.74) is 4.13. The number of carboxylic acid groups (broad SMARTS) is 1. The van der Waals surface area contributed by atoms with Crippen LogP contribution in [0.1, 0.15) is 77.0 Å².